The fourth-order valence-corrected chi connectivity index (χ4v) is 3.29. The van der Waals surface area contributed by atoms with Gasteiger partial charge in [0.25, 0.3) is 5.56 Å². The number of aromatic amines is 1. The maximum absolute atomic E-state index is 12.1. The number of carboxylic acid groups (broad SMARTS) is 1. The molecule has 0 aliphatic carbocycles. The summed E-state index contributed by atoms with van der Waals surface area (Å²) in [5.41, 5.74) is 1.12. The smallest absolute Gasteiger partial charge is 0.259 e. The van der Waals surface area contributed by atoms with Crippen LogP contribution in [0.15, 0.2) is 35.1 Å². The first-order chi connectivity index (χ1) is 10.1. The predicted octanol–water partition coefficient (Wildman–Crippen LogP) is 1.25. The average molecular weight is 299 g/mol. The number of aromatic nitrogens is 2. The van der Waals surface area contributed by atoms with E-state index in [0.717, 1.165) is 16.9 Å². The van der Waals surface area contributed by atoms with Crippen molar-refractivity contribution in [1.82, 2.24) is 9.97 Å². The van der Waals surface area contributed by atoms with Crippen LogP contribution in [0.5, 0.6) is 0 Å². The van der Waals surface area contributed by atoms with Gasteiger partial charge in [-0.1, -0.05) is 30.3 Å². The molecule has 0 radical (unpaired) electrons. The van der Waals surface area contributed by atoms with Crippen molar-refractivity contribution in [2.45, 2.75) is 13.3 Å². The quantitative estimate of drug-likeness (QED) is 0.788. The third-order valence-corrected chi connectivity index (χ3v) is 4.42. The van der Waals surface area contributed by atoms with Crippen molar-refractivity contribution >= 4 is 27.5 Å². The van der Waals surface area contributed by atoms with Crippen molar-refractivity contribution in [3.8, 4) is 0 Å². The van der Waals surface area contributed by atoms with Crippen LogP contribution >= 0.6 is 11.3 Å². The summed E-state index contributed by atoms with van der Waals surface area (Å²) < 4.78 is 0. The van der Waals surface area contributed by atoms with Crippen LogP contribution in [0.2, 0.25) is 0 Å². The van der Waals surface area contributed by atoms with Crippen LogP contribution in [0.3, 0.4) is 0 Å². The highest BCUT2D eigenvalue weighted by atomic mass is 32.1. The van der Waals surface area contributed by atoms with Gasteiger partial charge in [0.1, 0.15) is 10.7 Å². The van der Waals surface area contributed by atoms with Gasteiger partial charge < -0.3 is 14.9 Å². The average Bonchev–Trinajstić information content (AvgIpc) is 2.77. The fraction of sp³-hybridized carbons (Fsp3) is 0.133. The Kier molecular flexibility index (Phi) is 3.31. The number of nitrogens with one attached hydrogen (secondary N) is 1. The standard InChI is InChI=1S/C15H12N2O3S/c1-8-11-13(18)16-10(7-9-5-3-2-4-6-9)17-14(11)21-12(8)15(19)20/h2-6H,7H2,1H3,(H,19,20)(H,16,17,18)/p-1. The summed E-state index contributed by atoms with van der Waals surface area (Å²) in [4.78, 5) is 30.8. The summed E-state index contributed by atoms with van der Waals surface area (Å²) in [5.74, 6) is -0.760. The maximum atomic E-state index is 12.1. The zero-order valence-electron chi connectivity index (χ0n) is 11.2. The van der Waals surface area contributed by atoms with Crippen LogP contribution in [0.1, 0.15) is 26.6 Å². The van der Waals surface area contributed by atoms with Gasteiger partial charge in [0.2, 0.25) is 0 Å². The van der Waals surface area contributed by atoms with Crippen LogP contribution in [-0.4, -0.2) is 15.9 Å². The van der Waals surface area contributed by atoms with Crippen molar-refractivity contribution in [3.63, 3.8) is 0 Å². The number of carbonyl (C=O) groups excluding carboxylic acids is 1. The zero-order valence-corrected chi connectivity index (χ0v) is 12.0. The van der Waals surface area contributed by atoms with Gasteiger partial charge in [0, 0.05) is 6.42 Å². The lowest BCUT2D eigenvalue weighted by molar-refractivity contribution is -0.254. The van der Waals surface area contributed by atoms with Crippen LogP contribution in [0.4, 0.5) is 0 Å². The Bertz CT molecular complexity index is 881. The molecule has 0 bridgehead atoms. The molecule has 5 nitrogen and oxygen atoms in total. The molecule has 0 atom stereocenters. The number of carboxylic acids is 1. The van der Waals surface area contributed by atoms with E-state index in [0.29, 0.717) is 28.0 Å². The molecule has 0 saturated heterocycles. The minimum absolute atomic E-state index is 0.0554. The summed E-state index contributed by atoms with van der Waals surface area (Å²) in [6.07, 6.45) is 0.490. The number of hydrogen-bond acceptors (Lipinski definition) is 5. The number of hydrogen-bond donors (Lipinski definition) is 1. The van der Waals surface area contributed by atoms with Crippen LogP contribution in [-0.2, 0) is 6.42 Å². The first kappa shape index (κ1) is 13.5. The van der Waals surface area contributed by atoms with E-state index in [1.165, 1.54) is 0 Å². The number of thiophene rings is 1. The van der Waals surface area contributed by atoms with Crippen molar-refractivity contribution in [1.29, 1.82) is 0 Å². The SMILES string of the molecule is Cc1c(C(=O)[O-])sc2nc(Cc3ccccc3)[nH]c(=O)c12. The maximum Gasteiger partial charge on any atom is 0.259 e. The highest BCUT2D eigenvalue weighted by Gasteiger charge is 2.14. The number of aromatic carboxylic acids is 1. The number of nitrogens with zero attached hydrogens (tertiary/aromatic N) is 1. The first-order valence-corrected chi connectivity index (χ1v) is 7.15. The Morgan fingerprint density at radius 3 is 2.71 bits per heavy atom. The molecule has 1 N–H and O–H groups in total. The fourth-order valence-electron chi connectivity index (χ4n) is 2.26. The molecule has 0 aliphatic rings. The lowest BCUT2D eigenvalue weighted by Gasteiger charge is -2.01. The minimum atomic E-state index is -1.28. The Balaban J connectivity index is 2.11. The van der Waals surface area contributed by atoms with Gasteiger partial charge in [-0.2, -0.15) is 0 Å². The van der Waals surface area contributed by atoms with E-state index in [1.807, 2.05) is 30.3 Å². The van der Waals surface area contributed by atoms with E-state index in [1.54, 1.807) is 6.92 Å². The molecular formula is C15H11N2O3S-. The third kappa shape index (κ3) is 2.45. The summed E-state index contributed by atoms with van der Waals surface area (Å²) in [5, 5.41) is 11.4. The first-order valence-electron chi connectivity index (χ1n) is 6.34. The molecule has 1 aromatic carbocycles. The Morgan fingerprint density at radius 2 is 2.05 bits per heavy atom. The van der Waals surface area contributed by atoms with Gasteiger partial charge in [-0.25, -0.2) is 4.98 Å². The van der Waals surface area contributed by atoms with E-state index in [2.05, 4.69) is 9.97 Å². The molecule has 0 unspecified atom stereocenters. The number of aryl methyl sites for hydroxylation is 1. The van der Waals surface area contributed by atoms with Crippen LogP contribution in [0.25, 0.3) is 10.2 Å². The lowest BCUT2D eigenvalue weighted by Crippen LogP contribution is -2.21. The monoisotopic (exact) mass is 299 g/mol. The largest absolute Gasteiger partial charge is 0.544 e. The van der Waals surface area contributed by atoms with Crippen molar-refractivity contribution in [2.75, 3.05) is 0 Å². The number of fused-ring (bicyclic) bond motifs is 1. The molecule has 106 valence electrons. The summed E-state index contributed by atoms with van der Waals surface area (Å²) >= 11 is 0.978. The lowest BCUT2D eigenvalue weighted by atomic mass is 10.1. The Labute approximate surface area is 123 Å². The van der Waals surface area contributed by atoms with Crippen molar-refractivity contribution in [3.05, 3.63) is 62.5 Å². The highest BCUT2D eigenvalue weighted by Crippen LogP contribution is 2.26. The van der Waals surface area contributed by atoms with Gasteiger partial charge in [0.05, 0.1) is 16.2 Å². The van der Waals surface area contributed by atoms with E-state index >= 15 is 0 Å². The second-order valence-corrected chi connectivity index (χ2v) is 5.70. The van der Waals surface area contributed by atoms with Crippen LogP contribution in [0, 0.1) is 6.92 Å². The zero-order chi connectivity index (χ0) is 15.0. The number of H-pyrrole nitrogens is 1. The molecule has 0 amide bonds. The van der Waals surface area contributed by atoms with Gasteiger partial charge >= 0.3 is 0 Å². The molecule has 0 spiro atoms. The van der Waals surface area contributed by atoms with E-state index in [-0.39, 0.29) is 10.4 Å². The second-order valence-electron chi connectivity index (χ2n) is 4.70. The van der Waals surface area contributed by atoms with Gasteiger partial charge in [-0.3, -0.25) is 4.79 Å². The van der Waals surface area contributed by atoms with Gasteiger partial charge in [-0.15, -0.1) is 11.3 Å². The molecule has 0 fully saturated rings. The molecular weight excluding hydrogens is 288 g/mol. The number of benzene rings is 1. The van der Waals surface area contributed by atoms with Crippen molar-refractivity contribution < 1.29 is 9.90 Å². The second kappa shape index (κ2) is 5.14. The van der Waals surface area contributed by atoms with Gasteiger partial charge in [0.15, 0.2) is 0 Å². The summed E-state index contributed by atoms with van der Waals surface area (Å²) in [7, 11) is 0. The molecule has 0 aliphatic heterocycles. The normalized spacial score (nSPS) is 10.9. The topological polar surface area (TPSA) is 85.9 Å². The van der Waals surface area contributed by atoms with Crippen LogP contribution < -0.4 is 10.7 Å². The molecule has 2 heterocycles. The van der Waals surface area contributed by atoms with E-state index in [9.17, 15) is 14.7 Å². The predicted molar refractivity (Wildman–Crippen MR) is 78.6 cm³/mol. The highest BCUT2D eigenvalue weighted by molar-refractivity contribution is 7.20. The molecule has 3 aromatic rings. The number of rotatable bonds is 3. The molecule has 2 aromatic heterocycles. The summed E-state index contributed by atoms with van der Waals surface area (Å²) in [6, 6.07) is 9.62. The van der Waals surface area contributed by atoms with Crippen molar-refractivity contribution in [2.24, 2.45) is 0 Å². The Hall–Kier alpha value is -2.47. The summed E-state index contributed by atoms with van der Waals surface area (Å²) in [6.45, 7) is 1.59. The number of carbonyl (C=O) groups is 1. The molecule has 21 heavy (non-hydrogen) atoms. The third-order valence-electron chi connectivity index (χ3n) is 3.25. The molecule has 0 saturated carbocycles. The van der Waals surface area contributed by atoms with Gasteiger partial charge in [-0.05, 0) is 18.1 Å². The molecule has 3 rings (SSSR count). The minimum Gasteiger partial charge on any atom is -0.544 e. The van der Waals surface area contributed by atoms with E-state index in [4.69, 9.17) is 0 Å². The molecule has 6 heteroatoms. The Morgan fingerprint density at radius 1 is 1.33 bits per heavy atom. The van der Waals surface area contributed by atoms with E-state index < -0.39 is 5.97 Å².